The number of amides is 1. The van der Waals surface area contributed by atoms with Crippen molar-refractivity contribution in [1.29, 1.82) is 0 Å². The monoisotopic (exact) mass is 398 g/mol. The number of hydrogen-bond acceptors (Lipinski definition) is 4. The van der Waals surface area contributed by atoms with E-state index in [9.17, 15) is 4.79 Å². The number of rotatable bonds is 7. The highest BCUT2D eigenvalue weighted by Gasteiger charge is 2.37. The predicted octanol–water partition coefficient (Wildman–Crippen LogP) is 3.45. The van der Waals surface area contributed by atoms with Crippen LogP contribution in [0.5, 0.6) is 0 Å². The summed E-state index contributed by atoms with van der Waals surface area (Å²) in [6, 6.07) is 4.83. The Balaban J connectivity index is 1.22. The van der Waals surface area contributed by atoms with Crippen LogP contribution in [0.1, 0.15) is 63.9 Å². The van der Waals surface area contributed by atoms with Crippen molar-refractivity contribution in [3.63, 3.8) is 0 Å². The molecule has 160 valence electrons. The van der Waals surface area contributed by atoms with Gasteiger partial charge in [-0.1, -0.05) is 19.4 Å². The van der Waals surface area contributed by atoms with Gasteiger partial charge in [0.1, 0.15) is 0 Å². The first-order valence-corrected chi connectivity index (χ1v) is 11.8. The van der Waals surface area contributed by atoms with Crippen molar-refractivity contribution < 1.29 is 4.79 Å². The zero-order valence-electron chi connectivity index (χ0n) is 18.1. The Morgan fingerprint density at radius 3 is 2.69 bits per heavy atom. The highest BCUT2D eigenvalue weighted by atomic mass is 16.1. The maximum absolute atomic E-state index is 12.8. The van der Waals surface area contributed by atoms with E-state index in [1.165, 1.54) is 44.1 Å². The first-order valence-electron chi connectivity index (χ1n) is 11.8. The van der Waals surface area contributed by atoms with Gasteiger partial charge in [0, 0.05) is 38.1 Å². The summed E-state index contributed by atoms with van der Waals surface area (Å²) < 4.78 is 0. The maximum Gasteiger partial charge on any atom is 0.224 e. The molecule has 3 aliphatic rings. The zero-order valence-corrected chi connectivity index (χ0v) is 18.1. The summed E-state index contributed by atoms with van der Waals surface area (Å²) in [6.07, 6.45) is 13.6. The molecule has 2 saturated heterocycles. The molecule has 5 nitrogen and oxygen atoms in total. The van der Waals surface area contributed by atoms with Gasteiger partial charge in [-0.3, -0.25) is 19.6 Å². The molecule has 1 aromatic heterocycles. The maximum atomic E-state index is 12.8. The first-order chi connectivity index (χ1) is 14.2. The van der Waals surface area contributed by atoms with Crippen LogP contribution in [-0.4, -0.2) is 59.5 Å². The second kappa shape index (κ2) is 9.57. The quantitative estimate of drug-likeness (QED) is 0.764. The summed E-state index contributed by atoms with van der Waals surface area (Å²) in [5, 5.41) is 3.32. The van der Waals surface area contributed by atoms with Crippen molar-refractivity contribution in [2.24, 2.45) is 11.3 Å². The minimum atomic E-state index is 0.186. The minimum absolute atomic E-state index is 0.186. The van der Waals surface area contributed by atoms with Crippen molar-refractivity contribution >= 4 is 5.91 Å². The van der Waals surface area contributed by atoms with Gasteiger partial charge in [0.25, 0.3) is 0 Å². The van der Waals surface area contributed by atoms with Gasteiger partial charge in [-0.05, 0) is 81.6 Å². The normalized spacial score (nSPS) is 26.0. The van der Waals surface area contributed by atoms with Gasteiger partial charge in [0.2, 0.25) is 5.91 Å². The lowest BCUT2D eigenvalue weighted by Crippen LogP contribution is -2.51. The molecule has 4 rings (SSSR count). The first kappa shape index (κ1) is 20.8. The molecule has 1 amide bonds. The highest BCUT2D eigenvalue weighted by Crippen LogP contribution is 2.43. The number of carbonyl (C=O) groups excluding carboxylic acids is 1. The zero-order chi connectivity index (χ0) is 20.1. The molecule has 3 heterocycles. The number of nitrogens with zero attached hydrogens (tertiary/aromatic N) is 3. The van der Waals surface area contributed by atoms with Crippen molar-refractivity contribution in [2.75, 3.05) is 32.7 Å². The third-order valence-corrected chi connectivity index (χ3v) is 7.83. The highest BCUT2D eigenvalue weighted by molar-refractivity contribution is 5.79. The lowest BCUT2D eigenvalue weighted by Gasteiger charge is -2.43. The molecule has 0 spiro atoms. The fourth-order valence-corrected chi connectivity index (χ4v) is 5.50. The van der Waals surface area contributed by atoms with Crippen molar-refractivity contribution in [3.8, 4) is 0 Å². The Morgan fingerprint density at radius 1 is 1.21 bits per heavy atom. The summed E-state index contributed by atoms with van der Waals surface area (Å²) >= 11 is 0. The van der Waals surface area contributed by atoms with Gasteiger partial charge in [-0.15, -0.1) is 0 Å². The average molecular weight is 399 g/mol. The molecular formula is C24H38N4O. The van der Waals surface area contributed by atoms with E-state index in [1.54, 1.807) is 0 Å². The molecule has 0 unspecified atom stereocenters. The number of piperidine rings is 2. The summed E-state index contributed by atoms with van der Waals surface area (Å²) in [7, 11) is 0. The van der Waals surface area contributed by atoms with Gasteiger partial charge in [-0.2, -0.15) is 0 Å². The van der Waals surface area contributed by atoms with E-state index >= 15 is 0 Å². The smallest absolute Gasteiger partial charge is 0.224 e. The molecule has 1 aliphatic carbocycles. The molecule has 1 saturated carbocycles. The Morgan fingerprint density at radius 2 is 2.03 bits per heavy atom. The largest absolute Gasteiger partial charge is 0.355 e. The third-order valence-electron chi connectivity index (χ3n) is 7.83. The second-order valence-corrected chi connectivity index (χ2v) is 9.63. The summed E-state index contributed by atoms with van der Waals surface area (Å²) in [6.45, 7) is 8.58. The van der Waals surface area contributed by atoms with Crippen LogP contribution in [0.3, 0.4) is 0 Å². The standard InChI is InChI=1S/C24H38N4O/c1-2-24(10-5-11-24)19-26-23(29)21-7-4-13-28(18-21)22-8-14-27(15-9-22)17-20-6-3-12-25-16-20/h3,6,12,16,21-22H,2,4-5,7-11,13-15,17-19H2,1H3,(H,26,29)/t21-/m0/s1. The number of pyridine rings is 1. The van der Waals surface area contributed by atoms with E-state index in [4.69, 9.17) is 0 Å². The van der Waals surface area contributed by atoms with E-state index in [2.05, 4.69) is 33.1 Å². The van der Waals surface area contributed by atoms with E-state index in [1.807, 2.05) is 18.5 Å². The van der Waals surface area contributed by atoms with Gasteiger partial charge in [0.05, 0.1) is 5.92 Å². The van der Waals surface area contributed by atoms with Crippen molar-refractivity contribution in [1.82, 2.24) is 20.1 Å². The van der Waals surface area contributed by atoms with E-state index in [0.29, 0.717) is 17.4 Å². The SMILES string of the molecule is CCC1(CNC(=O)[C@H]2CCCN(C3CCN(Cc4cccnc4)CC3)C2)CCC1. The van der Waals surface area contributed by atoms with Crippen LogP contribution >= 0.6 is 0 Å². The predicted molar refractivity (Wildman–Crippen MR) is 116 cm³/mol. The topological polar surface area (TPSA) is 48.5 Å². The Bertz CT molecular complexity index is 647. The van der Waals surface area contributed by atoms with Gasteiger partial charge < -0.3 is 5.32 Å². The number of carbonyl (C=O) groups is 1. The summed E-state index contributed by atoms with van der Waals surface area (Å²) in [5.74, 6) is 0.495. The number of nitrogens with one attached hydrogen (secondary N) is 1. The molecule has 0 bridgehead atoms. The summed E-state index contributed by atoms with van der Waals surface area (Å²) in [4.78, 5) is 22.2. The molecule has 3 fully saturated rings. The van der Waals surface area contributed by atoms with Crippen molar-refractivity contribution in [3.05, 3.63) is 30.1 Å². The Labute approximate surface area is 176 Å². The van der Waals surface area contributed by atoms with Gasteiger partial charge in [0.15, 0.2) is 0 Å². The van der Waals surface area contributed by atoms with E-state index in [0.717, 1.165) is 52.1 Å². The molecule has 1 atom stereocenters. The van der Waals surface area contributed by atoms with Crippen LogP contribution < -0.4 is 5.32 Å². The van der Waals surface area contributed by atoms with Crippen LogP contribution in [0.4, 0.5) is 0 Å². The summed E-state index contributed by atoms with van der Waals surface area (Å²) in [5.41, 5.74) is 1.71. The molecule has 2 aliphatic heterocycles. The van der Waals surface area contributed by atoms with Crippen LogP contribution in [-0.2, 0) is 11.3 Å². The lowest BCUT2D eigenvalue weighted by atomic mass is 9.67. The second-order valence-electron chi connectivity index (χ2n) is 9.63. The lowest BCUT2D eigenvalue weighted by molar-refractivity contribution is -0.128. The third kappa shape index (κ3) is 5.18. The Kier molecular flexibility index (Phi) is 6.86. The van der Waals surface area contributed by atoms with E-state index < -0.39 is 0 Å². The molecule has 5 heteroatoms. The number of aromatic nitrogens is 1. The van der Waals surface area contributed by atoms with E-state index in [-0.39, 0.29) is 5.92 Å². The average Bonchev–Trinajstić information content (AvgIpc) is 2.74. The molecular weight excluding hydrogens is 360 g/mol. The fraction of sp³-hybridized carbons (Fsp3) is 0.750. The van der Waals surface area contributed by atoms with Crippen molar-refractivity contribution in [2.45, 2.75) is 70.9 Å². The molecule has 1 aromatic rings. The van der Waals surface area contributed by atoms with Crippen LogP contribution in [0.2, 0.25) is 0 Å². The van der Waals surface area contributed by atoms with Gasteiger partial charge >= 0.3 is 0 Å². The molecule has 0 aromatic carbocycles. The number of hydrogen-bond donors (Lipinski definition) is 1. The molecule has 0 radical (unpaired) electrons. The van der Waals surface area contributed by atoms with Crippen LogP contribution in [0.15, 0.2) is 24.5 Å². The number of likely N-dealkylation sites (tertiary alicyclic amines) is 2. The Hall–Kier alpha value is -1.46. The van der Waals surface area contributed by atoms with Crippen LogP contribution in [0.25, 0.3) is 0 Å². The molecule has 29 heavy (non-hydrogen) atoms. The fourth-order valence-electron chi connectivity index (χ4n) is 5.50. The molecule has 1 N–H and O–H groups in total. The minimum Gasteiger partial charge on any atom is -0.355 e. The van der Waals surface area contributed by atoms with Gasteiger partial charge in [-0.25, -0.2) is 0 Å². The van der Waals surface area contributed by atoms with Crippen LogP contribution in [0, 0.1) is 11.3 Å².